The first-order chi connectivity index (χ1) is 14.8. The van der Waals surface area contributed by atoms with Gasteiger partial charge in [0.15, 0.2) is 0 Å². The lowest BCUT2D eigenvalue weighted by atomic mass is 9.72. The third kappa shape index (κ3) is 5.32. The number of benzene rings is 2. The Hall–Kier alpha value is -2.70. The lowest BCUT2D eigenvalue weighted by molar-refractivity contribution is -0.139. The van der Waals surface area contributed by atoms with Crippen LogP contribution < -0.4 is 0 Å². The summed E-state index contributed by atoms with van der Waals surface area (Å²) in [7, 11) is 0. The smallest absolute Gasteiger partial charge is 0.305 e. The fourth-order valence-electron chi connectivity index (χ4n) is 4.40. The molecule has 31 heavy (non-hydrogen) atoms. The Morgan fingerprint density at radius 1 is 0.742 bits per heavy atom. The highest BCUT2D eigenvalue weighted by Gasteiger charge is 2.42. The molecule has 2 N–H and O–H groups in total. The molecule has 0 aliphatic heterocycles. The molecule has 0 atom stereocenters. The van der Waals surface area contributed by atoms with Crippen molar-refractivity contribution in [3.8, 4) is 11.1 Å². The van der Waals surface area contributed by atoms with Gasteiger partial charge in [-0.15, -0.1) is 0 Å². The van der Waals surface area contributed by atoms with Crippen molar-refractivity contribution in [2.24, 2.45) is 0 Å². The minimum absolute atomic E-state index is 0.0172. The van der Waals surface area contributed by atoms with Gasteiger partial charge in [-0.2, -0.15) is 0 Å². The summed E-state index contributed by atoms with van der Waals surface area (Å²) in [6, 6.07) is 13.0. The number of rotatable bonds is 12. The van der Waals surface area contributed by atoms with Gasteiger partial charge < -0.3 is 19.7 Å². The maximum absolute atomic E-state index is 10.8. The number of hydrogen-bond acceptors (Lipinski definition) is 4. The predicted octanol–water partition coefficient (Wildman–Crippen LogP) is 4.33. The standard InChI is InChI=1S/C25H30O6/c1-17-3-5-19-20-6-4-18(2)16-22(20)25(21(19)15-17,9-13-30-11-7-23(26)27)10-14-31-12-8-24(28)29/h3-6,15-16H,7-14H2,1-2H3,(H,26,27)(H,28,29). The first-order valence-corrected chi connectivity index (χ1v) is 10.7. The summed E-state index contributed by atoms with van der Waals surface area (Å²) in [5.74, 6) is -1.74. The van der Waals surface area contributed by atoms with Crippen LogP contribution in [-0.2, 0) is 24.5 Å². The Bertz CT molecular complexity index is 872. The molecule has 6 nitrogen and oxygen atoms in total. The normalized spacial score (nSPS) is 13.6. The van der Waals surface area contributed by atoms with Crippen molar-refractivity contribution in [2.45, 2.75) is 44.9 Å². The molecular formula is C25H30O6. The zero-order valence-corrected chi connectivity index (χ0v) is 18.1. The van der Waals surface area contributed by atoms with Gasteiger partial charge in [0.1, 0.15) is 0 Å². The van der Waals surface area contributed by atoms with E-state index in [0.717, 1.165) is 0 Å². The van der Waals surface area contributed by atoms with E-state index in [-0.39, 0.29) is 31.5 Å². The minimum Gasteiger partial charge on any atom is -0.481 e. The van der Waals surface area contributed by atoms with Crippen LogP contribution in [0.3, 0.4) is 0 Å². The van der Waals surface area contributed by atoms with Crippen molar-refractivity contribution >= 4 is 11.9 Å². The number of carboxylic acids is 2. The molecule has 166 valence electrons. The Morgan fingerprint density at radius 2 is 1.16 bits per heavy atom. The highest BCUT2D eigenvalue weighted by Crippen LogP contribution is 2.53. The first kappa shape index (κ1) is 23.0. The van der Waals surface area contributed by atoms with E-state index in [1.165, 1.54) is 33.4 Å². The van der Waals surface area contributed by atoms with Gasteiger partial charge in [0.25, 0.3) is 0 Å². The summed E-state index contributed by atoms with van der Waals surface area (Å²) in [6.45, 7) is 5.38. The quantitative estimate of drug-likeness (QED) is 0.491. The summed E-state index contributed by atoms with van der Waals surface area (Å²) in [4.78, 5) is 21.6. The molecule has 0 aromatic heterocycles. The van der Waals surface area contributed by atoms with E-state index >= 15 is 0 Å². The molecule has 2 aromatic carbocycles. The average Bonchev–Trinajstić information content (AvgIpc) is 2.96. The molecule has 0 heterocycles. The van der Waals surface area contributed by atoms with Crippen LogP contribution >= 0.6 is 0 Å². The third-order valence-electron chi connectivity index (χ3n) is 5.94. The SMILES string of the molecule is Cc1ccc2c(c1)C(CCOCCC(=O)O)(CCOCCC(=O)O)c1cc(C)ccc1-2. The van der Waals surface area contributed by atoms with E-state index in [1.54, 1.807) is 0 Å². The highest BCUT2D eigenvalue weighted by atomic mass is 16.5. The molecule has 0 radical (unpaired) electrons. The number of aryl methyl sites for hydroxylation is 2. The van der Waals surface area contributed by atoms with Crippen LogP contribution in [0.4, 0.5) is 0 Å². The van der Waals surface area contributed by atoms with E-state index in [0.29, 0.717) is 26.1 Å². The van der Waals surface area contributed by atoms with Gasteiger partial charge in [-0.1, -0.05) is 47.5 Å². The molecule has 1 aliphatic carbocycles. The molecular weight excluding hydrogens is 396 g/mol. The summed E-state index contributed by atoms with van der Waals surface area (Å²) in [5.41, 5.74) is 6.90. The van der Waals surface area contributed by atoms with Crippen LogP contribution in [0.1, 0.15) is 47.9 Å². The van der Waals surface area contributed by atoms with E-state index in [4.69, 9.17) is 19.7 Å². The molecule has 6 heteroatoms. The van der Waals surface area contributed by atoms with Crippen molar-refractivity contribution in [1.29, 1.82) is 0 Å². The van der Waals surface area contributed by atoms with E-state index in [1.807, 2.05) is 0 Å². The summed E-state index contributed by atoms with van der Waals surface area (Å²) < 4.78 is 11.4. The maximum atomic E-state index is 10.8. The minimum atomic E-state index is -0.871. The first-order valence-electron chi connectivity index (χ1n) is 10.7. The van der Waals surface area contributed by atoms with Crippen LogP contribution in [0.5, 0.6) is 0 Å². The van der Waals surface area contributed by atoms with Crippen LogP contribution in [-0.4, -0.2) is 48.6 Å². The second-order valence-electron chi connectivity index (χ2n) is 8.19. The van der Waals surface area contributed by atoms with Gasteiger partial charge in [0, 0.05) is 18.6 Å². The van der Waals surface area contributed by atoms with Crippen molar-refractivity contribution in [3.05, 3.63) is 58.7 Å². The molecule has 3 rings (SSSR count). The number of carbonyl (C=O) groups is 2. The van der Waals surface area contributed by atoms with Gasteiger partial charge in [-0.25, -0.2) is 0 Å². The number of hydrogen-bond donors (Lipinski definition) is 2. The Kier molecular flexibility index (Phi) is 7.46. The molecule has 0 unspecified atom stereocenters. The van der Waals surface area contributed by atoms with Gasteiger partial charge in [-0.3, -0.25) is 9.59 Å². The number of carboxylic acid groups (broad SMARTS) is 2. The van der Waals surface area contributed by atoms with Gasteiger partial charge in [0.05, 0.1) is 26.1 Å². The van der Waals surface area contributed by atoms with Crippen molar-refractivity contribution in [1.82, 2.24) is 0 Å². The summed E-state index contributed by atoms with van der Waals surface area (Å²) in [6.07, 6.45) is 1.36. The monoisotopic (exact) mass is 426 g/mol. The topological polar surface area (TPSA) is 93.1 Å². The molecule has 0 saturated heterocycles. The third-order valence-corrected chi connectivity index (χ3v) is 5.94. The largest absolute Gasteiger partial charge is 0.481 e. The number of fused-ring (bicyclic) bond motifs is 3. The van der Waals surface area contributed by atoms with E-state index in [9.17, 15) is 9.59 Å². The van der Waals surface area contributed by atoms with Crippen molar-refractivity contribution < 1.29 is 29.3 Å². The summed E-state index contributed by atoms with van der Waals surface area (Å²) >= 11 is 0. The van der Waals surface area contributed by atoms with Crippen LogP contribution in [0.15, 0.2) is 36.4 Å². The Morgan fingerprint density at radius 3 is 1.55 bits per heavy atom. The average molecular weight is 427 g/mol. The number of aliphatic carboxylic acids is 2. The zero-order valence-electron chi connectivity index (χ0n) is 18.1. The fraction of sp³-hybridized carbons (Fsp3) is 0.440. The van der Waals surface area contributed by atoms with E-state index < -0.39 is 11.9 Å². The van der Waals surface area contributed by atoms with Gasteiger partial charge in [-0.05, 0) is 48.9 Å². The van der Waals surface area contributed by atoms with E-state index in [2.05, 4.69) is 50.2 Å². The molecule has 0 saturated carbocycles. The molecule has 0 fully saturated rings. The van der Waals surface area contributed by atoms with Crippen molar-refractivity contribution in [2.75, 3.05) is 26.4 Å². The molecule has 0 spiro atoms. The Labute approximate surface area is 182 Å². The summed E-state index contributed by atoms with van der Waals surface area (Å²) in [5, 5.41) is 17.7. The van der Waals surface area contributed by atoms with Crippen LogP contribution in [0.2, 0.25) is 0 Å². The molecule has 2 aromatic rings. The van der Waals surface area contributed by atoms with Crippen molar-refractivity contribution in [3.63, 3.8) is 0 Å². The second kappa shape index (κ2) is 10.1. The fourth-order valence-corrected chi connectivity index (χ4v) is 4.40. The maximum Gasteiger partial charge on any atom is 0.305 e. The van der Waals surface area contributed by atoms with Gasteiger partial charge >= 0.3 is 11.9 Å². The molecule has 0 bridgehead atoms. The number of ether oxygens (including phenoxy) is 2. The zero-order chi connectivity index (χ0) is 22.4. The van der Waals surface area contributed by atoms with Crippen LogP contribution in [0.25, 0.3) is 11.1 Å². The second-order valence-corrected chi connectivity index (χ2v) is 8.19. The highest BCUT2D eigenvalue weighted by molar-refractivity contribution is 5.81. The van der Waals surface area contributed by atoms with Crippen LogP contribution in [0, 0.1) is 13.8 Å². The molecule has 1 aliphatic rings. The molecule has 0 amide bonds. The Balaban J connectivity index is 1.90. The van der Waals surface area contributed by atoms with Gasteiger partial charge in [0.2, 0.25) is 0 Å². The lowest BCUT2D eigenvalue weighted by Crippen LogP contribution is -2.29. The predicted molar refractivity (Wildman–Crippen MR) is 118 cm³/mol. The lowest BCUT2D eigenvalue weighted by Gasteiger charge is -2.33.